The molecule has 2 aromatic carbocycles. The molecule has 0 aliphatic heterocycles. The SMILES string of the molecule is O=C(NCc1cc(-c2ccc(F)cc2)ncn1)c1ccc2n[nH]nc2c1. The molecule has 26 heavy (non-hydrogen) atoms. The van der Waals surface area contributed by atoms with Crippen LogP contribution in [0.25, 0.3) is 22.3 Å². The van der Waals surface area contributed by atoms with Gasteiger partial charge < -0.3 is 5.32 Å². The van der Waals surface area contributed by atoms with Crippen molar-refractivity contribution in [3.63, 3.8) is 0 Å². The molecule has 0 spiro atoms. The van der Waals surface area contributed by atoms with E-state index in [1.165, 1.54) is 18.5 Å². The van der Waals surface area contributed by atoms with Gasteiger partial charge in [-0.15, -0.1) is 0 Å². The summed E-state index contributed by atoms with van der Waals surface area (Å²) in [6.45, 7) is 0.242. The Morgan fingerprint density at radius 2 is 1.81 bits per heavy atom. The van der Waals surface area contributed by atoms with Crippen LogP contribution in [0.5, 0.6) is 0 Å². The molecule has 0 aliphatic carbocycles. The molecule has 7 nitrogen and oxygen atoms in total. The van der Waals surface area contributed by atoms with Gasteiger partial charge in [-0.1, -0.05) is 0 Å². The number of nitrogens with one attached hydrogen (secondary N) is 2. The molecule has 0 fully saturated rings. The van der Waals surface area contributed by atoms with E-state index in [4.69, 9.17) is 0 Å². The fourth-order valence-corrected chi connectivity index (χ4v) is 2.53. The maximum absolute atomic E-state index is 13.0. The number of aromatic nitrogens is 5. The summed E-state index contributed by atoms with van der Waals surface area (Å²) in [6.07, 6.45) is 1.42. The minimum absolute atomic E-state index is 0.239. The van der Waals surface area contributed by atoms with Gasteiger partial charge in [-0.05, 0) is 48.5 Å². The van der Waals surface area contributed by atoms with Crippen LogP contribution < -0.4 is 5.32 Å². The van der Waals surface area contributed by atoms with Crippen LogP contribution in [0.1, 0.15) is 16.1 Å². The lowest BCUT2D eigenvalue weighted by Crippen LogP contribution is -2.23. The molecule has 0 atom stereocenters. The van der Waals surface area contributed by atoms with Crippen molar-refractivity contribution in [3.8, 4) is 11.3 Å². The molecule has 1 amide bonds. The first-order valence-electron chi connectivity index (χ1n) is 7.85. The lowest BCUT2D eigenvalue weighted by molar-refractivity contribution is 0.0950. The molecule has 2 heterocycles. The first-order valence-corrected chi connectivity index (χ1v) is 7.85. The molecule has 0 radical (unpaired) electrons. The van der Waals surface area contributed by atoms with Crippen LogP contribution in [0, 0.1) is 5.82 Å². The van der Waals surface area contributed by atoms with E-state index in [1.807, 2.05) is 0 Å². The molecule has 4 aromatic rings. The summed E-state index contributed by atoms with van der Waals surface area (Å²) in [4.78, 5) is 20.7. The Morgan fingerprint density at radius 3 is 2.65 bits per heavy atom. The molecule has 0 bridgehead atoms. The maximum atomic E-state index is 13.0. The third kappa shape index (κ3) is 3.25. The second kappa shape index (κ2) is 6.67. The first kappa shape index (κ1) is 15.8. The van der Waals surface area contributed by atoms with Crippen LogP contribution in [0.3, 0.4) is 0 Å². The Labute approximate surface area is 147 Å². The number of H-pyrrole nitrogens is 1. The van der Waals surface area contributed by atoms with Crippen LogP contribution >= 0.6 is 0 Å². The smallest absolute Gasteiger partial charge is 0.251 e. The van der Waals surface area contributed by atoms with Crippen molar-refractivity contribution in [1.82, 2.24) is 30.7 Å². The van der Waals surface area contributed by atoms with Gasteiger partial charge in [-0.25, -0.2) is 14.4 Å². The van der Waals surface area contributed by atoms with E-state index in [1.54, 1.807) is 36.4 Å². The monoisotopic (exact) mass is 348 g/mol. The van der Waals surface area contributed by atoms with Gasteiger partial charge in [0.05, 0.1) is 17.9 Å². The highest BCUT2D eigenvalue weighted by atomic mass is 19.1. The third-order valence-corrected chi connectivity index (χ3v) is 3.87. The molecule has 2 N–H and O–H groups in total. The number of carbonyl (C=O) groups excluding carboxylic acids is 1. The van der Waals surface area contributed by atoms with Crippen molar-refractivity contribution < 1.29 is 9.18 Å². The number of rotatable bonds is 4. The molecule has 0 saturated carbocycles. The Morgan fingerprint density at radius 1 is 1.00 bits per heavy atom. The zero-order valence-electron chi connectivity index (χ0n) is 13.5. The predicted molar refractivity (Wildman–Crippen MR) is 92.5 cm³/mol. The Bertz CT molecular complexity index is 1080. The highest BCUT2D eigenvalue weighted by molar-refractivity contribution is 5.97. The van der Waals surface area contributed by atoms with Crippen LogP contribution in [0.15, 0.2) is 54.9 Å². The van der Waals surface area contributed by atoms with Crippen LogP contribution in [-0.2, 0) is 6.54 Å². The summed E-state index contributed by atoms with van der Waals surface area (Å²) in [6, 6.07) is 12.9. The number of amides is 1. The standard InChI is InChI=1S/C18H13FN6O/c19-13-4-1-11(2-5-13)16-8-14(21-10-22-16)9-20-18(26)12-3-6-15-17(7-12)24-25-23-15/h1-8,10H,9H2,(H,20,26)(H,23,24,25). The van der Waals surface area contributed by atoms with Gasteiger partial charge in [0.15, 0.2) is 0 Å². The van der Waals surface area contributed by atoms with Crippen molar-refractivity contribution in [3.05, 3.63) is 71.9 Å². The zero-order chi connectivity index (χ0) is 17.9. The molecule has 4 rings (SSSR count). The third-order valence-electron chi connectivity index (χ3n) is 3.87. The maximum Gasteiger partial charge on any atom is 0.251 e. The minimum Gasteiger partial charge on any atom is -0.346 e. The zero-order valence-corrected chi connectivity index (χ0v) is 13.5. The average molecular weight is 348 g/mol. The van der Waals surface area contributed by atoms with Gasteiger partial charge in [0, 0.05) is 11.1 Å². The second-order valence-electron chi connectivity index (χ2n) is 5.61. The lowest BCUT2D eigenvalue weighted by atomic mass is 10.1. The van der Waals surface area contributed by atoms with Crippen molar-refractivity contribution in [1.29, 1.82) is 0 Å². The first-order chi connectivity index (χ1) is 12.7. The highest BCUT2D eigenvalue weighted by Crippen LogP contribution is 2.17. The van der Waals surface area contributed by atoms with Gasteiger partial charge in [0.25, 0.3) is 5.91 Å². The van der Waals surface area contributed by atoms with Gasteiger partial charge in [-0.3, -0.25) is 4.79 Å². The lowest BCUT2D eigenvalue weighted by Gasteiger charge is -2.06. The van der Waals surface area contributed by atoms with Crippen molar-refractivity contribution in [2.45, 2.75) is 6.54 Å². The molecule has 2 aromatic heterocycles. The molecule has 8 heteroatoms. The molecular weight excluding hydrogens is 335 g/mol. The minimum atomic E-state index is -0.306. The van der Waals surface area contributed by atoms with E-state index in [2.05, 4.69) is 30.7 Å². The van der Waals surface area contributed by atoms with Crippen molar-refractivity contribution in [2.24, 2.45) is 0 Å². The van der Waals surface area contributed by atoms with Crippen LogP contribution in [0.4, 0.5) is 4.39 Å². The number of nitrogens with zero attached hydrogens (tertiary/aromatic N) is 4. The Balaban J connectivity index is 1.48. The number of hydrogen-bond donors (Lipinski definition) is 2. The number of benzene rings is 2. The van der Waals surface area contributed by atoms with E-state index in [0.717, 1.165) is 5.56 Å². The van der Waals surface area contributed by atoms with E-state index >= 15 is 0 Å². The summed E-state index contributed by atoms with van der Waals surface area (Å²) in [5.41, 5.74) is 3.89. The van der Waals surface area contributed by atoms with Crippen LogP contribution in [0.2, 0.25) is 0 Å². The summed E-state index contributed by atoms with van der Waals surface area (Å²) in [7, 11) is 0. The molecule has 0 aliphatic rings. The molecular formula is C18H13FN6O. The van der Waals surface area contributed by atoms with Gasteiger partial charge in [0.1, 0.15) is 23.2 Å². The summed E-state index contributed by atoms with van der Waals surface area (Å²) < 4.78 is 13.0. The largest absolute Gasteiger partial charge is 0.346 e. The fraction of sp³-hybridized carbons (Fsp3) is 0.0556. The average Bonchev–Trinajstić information content (AvgIpc) is 3.15. The highest BCUT2D eigenvalue weighted by Gasteiger charge is 2.09. The fourth-order valence-electron chi connectivity index (χ4n) is 2.53. The van der Waals surface area contributed by atoms with Gasteiger partial charge >= 0.3 is 0 Å². The topological polar surface area (TPSA) is 96.5 Å². The second-order valence-corrected chi connectivity index (χ2v) is 5.61. The number of carbonyl (C=O) groups is 1. The summed E-state index contributed by atoms with van der Waals surface area (Å²) in [5.74, 6) is -0.545. The number of hydrogen-bond acceptors (Lipinski definition) is 5. The van der Waals surface area contributed by atoms with E-state index in [0.29, 0.717) is 28.0 Å². The summed E-state index contributed by atoms with van der Waals surface area (Å²) >= 11 is 0. The van der Waals surface area contributed by atoms with Crippen molar-refractivity contribution in [2.75, 3.05) is 0 Å². The quantitative estimate of drug-likeness (QED) is 0.591. The van der Waals surface area contributed by atoms with E-state index in [-0.39, 0.29) is 18.3 Å². The number of fused-ring (bicyclic) bond motifs is 1. The number of halogens is 1. The summed E-state index contributed by atoms with van der Waals surface area (Å²) in [5, 5.41) is 13.2. The Hall–Kier alpha value is -3.68. The van der Waals surface area contributed by atoms with E-state index < -0.39 is 0 Å². The molecule has 0 unspecified atom stereocenters. The van der Waals surface area contributed by atoms with Crippen LogP contribution in [-0.4, -0.2) is 31.3 Å². The Kier molecular flexibility index (Phi) is 4.06. The number of aromatic amines is 1. The van der Waals surface area contributed by atoms with Crippen molar-refractivity contribution >= 4 is 16.9 Å². The van der Waals surface area contributed by atoms with Gasteiger partial charge in [0.2, 0.25) is 0 Å². The van der Waals surface area contributed by atoms with E-state index in [9.17, 15) is 9.18 Å². The normalized spacial score (nSPS) is 10.8. The predicted octanol–water partition coefficient (Wildman–Crippen LogP) is 2.48. The van der Waals surface area contributed by atoms with Gasteiger partial charge in [-0.2, -0.15) is 15.4 Å². The molecule has 128 valence electrons. The molecule has 0 saturated heterocycles.